The van der Waals surface area contributed by atoms with Crippen LogP contribution in [0.5, 0.6) is 0 Å². The Bertz CT molecular complexity index is 717. The Labute approximate surface area is 174 Å². The van der Waals surface area contributed by atoms with Crippen LogP contribution in [0.25, 0.3) is 11.4 Å². The molecular formula is C20H34N4O4P+. The minimum atomic E-state index is -3.04. The smallest absolute Gasteiger partial charge is 0.309 e. The maximum Gasteiger partial charge on any atom is 0.337 e. The molecule has 2 aromatic heterocycles. The lowest BCUT2D eigenvalue weighted by atomic mass is 10.3. The molecule has 0 spiro atoms. The Hall–Kier alpha value is -2.02. The molecule has 162 valence electrons. The van der Waals surface area contributed by atoms with Crippen molar-refractivity contribution in [2.75, 3.05) is 19.4 Å². The van der Waals surface area contributed by atoms with Crippen LogP contribution in [0.1, 0.15) is 48.0 Å². The highest BCUT2D eigenvalue weighted by atomic mass is 31.2. The number of aromatic nitrogens is 4. The van der Waals surface area contributed by atoms with Gasteiger partial charge in [-0.05, 0) is 31.9 Å². The molecule has 0 bridgehead atoms. The van der Waals surface area contributed by atoms with E-state index in [9.17, 15) is 9.36 Å². The second-order valence-corrected chi connectivity index (χ2v) is 7.66. The lowest BCUT2D eigenvalue weighted by Crippen LogP contribution is -2.39. The van der Waals surface area contributed by atoms with Gasteiger partial charge >= 0.3 is 7.60 Å². The van der Waals surface area contributed by atoms with Crippen LogP contribution in [0.4, 0.5) is 0 Å². The zero-order chi connectivity index (χ0) is 22.1. The molecule has 0 amide bonds. The fourth-order valence-corrected chi connectivity index (χ4v) is 3.45. The summed E-state index contributed by atoms with van der Waals surface area (Å²) in [6.45, 7) is 12.2. The fourth-order valence-electron chi connectivity index (χ4n) is 1.88. The Morgan fingerprint density at radius 1 is 1.10 bits per heavy atom. The summed E-state index contributed by atoms with van der Waals surface area (Å²) in [4.78, 5) is 18.1. The van der Waals surface area contributed by atoms with Gasteiger partial charge in [-0.2, -0.15) is 0 Å². The molecule has 8 nitrogen and oxygen atoms in total. The van der Waals surface area contributed by atoms with E-state index in [1.54, 1.807) is 56.3 Å². The second kappa shape index (κ2) is 15.9. The Morgan fingerprint density at radius 3 is 2.07 bits per heavy atom. The molecule has 0 atom stereocenters. The highest BCUT2D eigenvalue weighted by Crippen LogP contribution is 2.47. The molecule has 0 aliphatic rings. The Balaban J connectivity index is 0.000000977. The van der Waals surface area contributed by atoms with Gasteiger partial charge in [0.25, 0.3) is 0 Å². The lowest BCUT2D eigenvalue weighted by molar-refractivity contribution is -0.750. The molecule has 2 heterocycles. The number of nitrogens with zero attached hydrogens (tertiary/aromatic N) is 4. The van der Waals surface area contributed by atoms with E-state index in [0.29, 0.717) is 32.0 Å². The van der Waals surface area contributed by atoms with Crippen molar-refractivity contribution in [2.24, 2.45) is 0 Å². The Kier molecular flexibility index (Phi) is 14.7. The molecule has 0 radical (unpaired) electrons. The first-order valence-electron chi connectivity index (χ1n) is 9.94. The number of Topliss-reactive ketones (excluding diaryl/α,β-unsaturated/α-hetero) is 1. The van der Waals surface area contributed by atoms with Crippen molar-refractivity contribution in [1.82, 2.24) is 15.1 Å². The molecule has 0 aliphatic heterocycles. The van der Waals surface area contributed by atoms with Crippen molar-refractivity contribution in [3.8, 4) is 11.4 Å². The summed E-state index contributed by atoms with van der Waals surface area (Å²) in [5, 5.41) is 4.28. The molecule has 0 fully saturated rings. The van der Waals surface area contributed by atoms with Crippen LogP contribution < -0.4 is 4.68 Å². The number of rotatable bonds is 9. The van der Waals surface area contributed by atoms with Gasteiger partial charge in [0.2, 0.25) is 0 Å². The lowest BCUT2D eigenvalue weighted by Gasteiger charge is -2.14. The van der Waals surface area contributed by atoms with E-state index in [1.807, 2.05) is 26.8 Å². The summed E-state index contributed by atoms with van der Waals surface area (Å²) in [5.41, 5.74) is 0.828. The first kappa shape index (κ1) is 27.0. The molecule has 0 saturated heterocycles. The SMILES string of the molecule is CC.CCC(C)=O.CCOP(=O)(CC[n+]1ccc(-c2ncccn2)cn1)OCC. The summed E-state index contributed by atoms with van der Waals surface area (Å²) < 4.78 is 24.6. The fraction of sp³-hybridized carbons (Fsp3) is 0.550. The zero-order valence-electron chi connectivity index (χ0n) is 18.4. The molecular weight excluding hydrogens is 391 g/mol. The number of hydrogen-bond donors (Lipinski definition) is 0. The molecule has 2 rings (SSSR count). The predicted molar refractivity (Wildman–Crippen MR) is 114 cm³/mol. The van der Waals surface area contributed by atoms with Gasteiger partial charge in [-0.15, -0.1) is 0 Å². The normalized spacial score (nSPS) is 10.3. The number of carbonyl (C=O) groups excluding carboxylic acids is 1. The highest BCUT2D eigenvalue weighted by Gasteiger charge is 2.25. The minimum Gasteiger partial charge on any atom is -0.309 e. The minimum absolute atomic E-state index is 0.255. The van der Waals surface area contributed by atoms with Crippen LogP contribution in [0, 0.1) is 0 Å². The molecule has 0 saturated carbocycles. The molecule has 0 N–H and O–H groups in total. The largest absolute Gasteiger partial charge is 0.337 e. The highest BCUT2D eigenvalue weighted by molar-refractivity contribution is 7.53. The van der Waals surface area contributed by atoms with Gasteiger partial charge in [0.1, 0.15) is 18.1 Å². The monoisotopic (exact) mass is 425 g/mol. The van der Waals surface area contributed by atoms with Crippen LogP contribution >= 0.6 is 7.60 Å². The van der Waals surface area contributed by atoms with Crippen molar-refractivity contribution < 1.29 is 23.1 Å². The standard InChI is InChI=1S/C14H20N4O3P.C4H8O.C2H6/c1-3-20-22(19,21-4-2)11-10-18-9-6-13(12-17-18)14-15-7-5-8-16-14;1-3-4(2)5;1-2/h5-9,12H,3-4,10-11H2,1-2H3;3H2,1-2H3;1-2H3/q+1;;. The molecule has 0 unspecified atom stereocenters. The predicted octanol–water partition coefficient (Wildman–Crippen LogP) is 4.10. The number of ketones is 1. The maximum atomic E-state index is 12.4. The summed E-state index contributed by atoms with van der Waals surface area (Å²) in [5.74, 6) is 0.876. The molecule has 0 aromatic carbocycles. The summed E-state index contributed by atoms with van der Waals surface area (Å²) in [7, 11) is -3.04. The van der Waals surface area contributed by atoms with Crippen molar-refractivity contribution in [1.29, 1.82) is 0 Å². The van der Waals surface area contributed by atoms with Crippen LogP contribution in [0.3, 0.4) is 0 Å². The van der Waals surface area contributed by atoms with Crippen molar-refractivity contribution >= 4 is 13.4 Å². The number of aryl methyl sites for hydroxylation is 1. The van der Waals surface area contributed by atoms with E-state index in [4.69, 9.17) is 9.05 Å². The maximum absolute atomic E-state index is 12.4. The summed E-state index contributed by atoms with van der Waals surface area (Å²) in [6.07, 6.45) is 7.80. The first-order valence-corrected chi connectivity index (χ1v) is 11.7. The van der Waals surface area contributed by atoms with Crippen LogP contribution in [-0.4, -0.2) is 40.2 Å². The second-order valence-electron chi connectivity index (χ2n) is 5.48. The molecule has 2 aromatic rings. The van der Waals surface area contributed by atoms with Gasteiger partial charge in [0, 0.05) is 30.4 Å². The van der Waals surface area contributed by atoms with E-state index in [0.717, 1.165) is 5.56 Å². The van der Waals surface area contributed by atoms with Gasteiger partial charge in [-0.25, -0.2) is 9.97 Å². The topological polar surface area (TPSA) is 95.2 Å². The van der Waals surface area contributed by atoms with E-state index in [2.05, 4.69) is 15.1 Å². The molecule has 9 heteroatoms. The third kappa shape index (κ3) is 11.5. The van der Waals surface area contributed by atoms with E-state index < -0.39 is 7.60 Å². The van der Waals surface area contributed by atoms with Crippen LogP contribution in [-0.2, 0) is 25.0 Å². The number of carbonyl (C=O) groups is 1. The third-order valence-electron chi connectivity index (χ3n) is 3.35. The summed E-state index contributed by atoms with van der Waals surface area (Å²) in [6, 6.07) is 3.63. The molecule has 0 aliphatic carbocycles. The van der Waals surface area contributed by atoms with E-state index in [1.165, 1.54) is 0 Å². The van der Waals surface area contributed by atoms with E-state index in [-0.39, 0.29) is 11.9 Å². The van der Waals surface area contributed by atoms with Crippen LogP contribution in [0.15, 0.2) is 36.9 Å². The zero-order valence-corrected chi connectivity index (χ0v) is 19.3. The van der Waals surface area contributed by atoms with Crippen molar-refractivity contribution in [2.45, 2.75) is 54.5 Å². The van der Waals surface area contributed by atoms with Crippen molar-refractivity contribution in [3.05, 3.63) is 36.9 Å². The molecule has 29 heavy (non-hydrogen) atoms. The Morgan fingerprint density at radius 2 is 1.66 bits per heavy atom. The number of hydrogen-bond acceptors (Lipinski definition) is 7. The summed E-state index contributed by atoms with van der Waals surface area (Å²) >= 11 is 0. The van der Waals surface area contributed by atoms with Crippen molar-refractivity contribution in [3.63, 3.8) is 0 Å². The van der Waals surface area contributed by atoms with Gasteiger partial charge in [-0.1, -0.05) is 25.5 Å². The van der Waals surface area contributed by atoms with Crippen LogP contribution in [0.2, 0.25) is 0 Å². The van der Waals surface area contributed by atoms with E-state index >= 15 is 0 Å². The van der Waals surface area contributed by atoms with Gasteiger partial charge in [0.05, 0.1) is 13.2 Å². The average molecular weight is 425 g/mol. The van der Waals surface area contributed by atoms with Gasteiger partial charge in [0.15, 0.2) is 18.6 Å². The van der Waals surface area contributed by atoms with Gasteiger partial charge < -0.3 is 13.8 Å². The quantitative estimate of drug-likeness (QED) is 0.441. The third-order valence-corrected chi connectivity index (χ3v) is 5.40. The average Bonchev–Trinajstić information content (AvgIpc) is 2.75. The first-order chi connectivity index (χ1) is 13.9. The van der Waals surface area contributed by atoms with Gasteiger partial charge in [-0.3, -0.25) is 4.57 Å².